The molecule has 2 heterocycles. The summed E-state index contributed by atoms with van der Waals surface area (Å²) in [5.41, 5.74) is 4.42. The average molecular weight is 475 g/mol. The van der Waals surface area contributed by atoms with Crippen molar-refractivity contribution in [2.24, 2.45) is 0 Å². The number of rotatable bonds is 6. The Hall–Kier alpha value is -3.87. The van der Waals surface area contributed by atoms with Gasteiger partial charge in [-0.05, 0) is 93.6 Å². The van der Waals surface area contributed by atoms with Gasteiger partial charge in [-0.2, -0.15) is 0 Å². The highest BCUT2D eigenvalue weighted by Gasteiger charge is 2.35. The molecule has 0 spiro atoms. The van der Waals surface area contributed by atoms with Gasteiger partial charge in [-0.15, -0.1) is 0 Å². The minimum Gasteiger partial charge on any atom is -0.489 e. The van der Waals surface area contributed by atoms with E-state index in [-0.39, 0.29) is 11.9 Å². The summed E-state index contributed by atoms with van der Waals surface area (Å²) in [7, 11) is 0. The average Bonchev–Trinajstić information content (AvgIpc) is 2.85. The summed E-state index contributed by atoms with van der Waals surface area (Å²) < 4.78 is 18.0. The number of hydrogen-bond acceptors (Lipinski definition) is 6. The van der Waals surface area contributed by atoms with Gasteiger partial charge in [-0.1, -0.05) is 6.07 Å². The smallest absolute Gasteiger partial charge is 0.308 e. The van der Waals surface area contributed by atoms with Crippen molar-refractivity contribution in [3.63, 3.8) is 0 Å². The maximum atomic E-state index is 12.3. The first-order valence-corrected chi connectivity index (χ1v) is 11.6. The first-order valence-electron chi connectivity index (χ1n) is 11.6. The van der Waals surface area contributed by atoms with E-state index in [1.807, 2.05) is 39.8 Å². The fourth-order valence-electron chi connectivity index (χ4n) is 4.24. The third kappa shape index (κ3) is 5.29. The molecule has 7 heteroatoms. The summed E-state index contributed by atoms with van der Waals surface area (Å²) in [6.45, 7) is 9.74. The van der Waals surface area contributed by atoms with Crippen molar-refractivity contribution in [3.8, 4) is 17.2 Å². The Bertz CT molecular complexity index is 1250. The van der Waals surface area contributed by atoms with E-state index in [0.29, 0.717) is 29.5 Å². The molecule has 1 unspecified atom stereocenters. The molecule has 1 aliphatic rings. The number of amides is 1. The second-order valence-electron chi connectivity index (χ2n) is 9.14. The van der Waals surface area contributed by atoms with E-state index >= 15 is 0 Å². The summed E-state index contributed by atoms with van der Waals surface area (Å²) in [4.78, 5) is 27.9. The second-order valence-corrected chi connectivity index (χ2v) is 9.14. The summed E-state index contributed by atoms with van der Waals surface area (Å²) >= 11 is 0. The zero-order valence-corrected chi connectivity index (χ0v) is 20.7. The molecule has 35 heavy (non-hydrogen) atoms. The van der Waals surface area contributed by atoms with Crippen LogP contribution in [-0.2, 0) is 11.2 Å². The Balaban J connectivity index is 1.42. The van der Waals surface area contributed by atoms with Crippen LogP contribution in [0.1, 0.15) is 53.0 Å². The molecule has 0 saturated heterocycles. The van der Waals surface area contributed by atoms with Crippen molar-refractivity contribution >= 4 is 17.6 Å². The Kier molecular flexibility index (Phi) is 6.78. The third-order valence-electron chi connectivity index (χ3n) is 6.36. The molecule has 1 amide bonds. The molecule has 1 aromatic heterocycles. The normalized spacial score (nSPS) is 16.6. The molecular formula is C28H30N2O5. The largest absolute Gasteiger partial charge is 0.489 e. The van der Waals surface area contributed by atoms with Crippen molar-refractivity contribution in [2.75, 3.05) is 11.9 Å². The number of ether oxygens (including phenoxy) is 3. The lowest BCUT2D eigenvalue weighted by atomic mass is 9.87. The second kappa shape index (κ2) is 9.78. The molecule has 1 aliphatic heterocycles. The van der Waals surface area contributed by atoms with Crippen LogP contribution in [0, 0.1) is 20.8 Å². The van der Waals surface area contributed by atoms with Crippen molar-refractivity contribution in [1.82, 2.24) is 4.98 Å². The van der Waals surface area contributed by atoms with Gasteiger partial charge in [0.1, 0.15) is 35.2 Å². The van der Waals surface area contributed by atoms with Crippen LogP contribution in [-0.4, -0.2) is 29.1 Å². The van der Waals surface area contributed by atoms with Gasteiger partial charge in [0.25, 0.3) is 5.91 Å². The zero-order chi connectivity index (χ0) is 25.2. The van der Waals surface area contributed by atoms with Gasteiger partial charge in [-0.3, -0.25) is 14.6 Å². The molecule has 1 atom stereocenters. The molecular weight excluding hydrogens is 444 g/mol. The summed E-state index contributed by atoms with van der Waals surface area (Å²) in [5, 5.41) is 2.83. The van der Waals surface area contributed by atoms with Crippen LogP contribution in [0.2, 0.25) is 0 Å². The number of pyridine rings is 1. The number of carbonyl (C=O) groups is 2. The van der Waals surface area contributed by atoms with Crippen LogP contribution < -0.4 is 19.5 Å². The predicted octanol–water partition coefficient (Wildman–Crippen LogP) is 5.35. The van der Waals surface area contributed by atoms with Crippen molar-refractivity contribution < 1.29 is 23.8 Å². The number of aromatic nitrogens is 1. The van der Waals surface area contributed by atoms with Gasteiger partial charge in [0.2, 0.25) is 0 Å². The van der Waals surface area contributed by atoms with Gasteiger partial charge in [0, 0.05) is 24.4 Å². The predicted molar refractivity (Wildman–Crippen MR) is 133 cm³/mol. The van der Waals surface area contributed by atoms with Crippen LogP contribution in [0.25, 0.3) is 0 Å². The first-order chi connectivity index (χ1) is 16.7. The highest BCUT2D eigenvalue weighted by atomic mass is 16.5. The number of fused-ring (bicyclic) bond motifs is 1. The van der Waals surface area contributed by atoms with E-state index in [4.69, 9.17) is 14.2 Å². The van der Waals surface area contributed by atoms with E-state index in [1.54, 1.807) is 36.5 Å². The highest BCUT2D eigenvalue weighted by Crippen LogP contribution is 2.44. The number of carbonyl (C=O) groups excluding carboxylic acids is 2. The van der Waals surface area contributed by atoms with Crippen LogP contribution in [0.4, 0.5) is 5.69 Å². The van der Waals surface area contributed by atoms with Gasteiger partial charge in [-0.25, -0.2) is 0 Å². The number of esters is 1. The topological polar surface area (TPSA) is 86.8 Å². The molecule has 2 aromatic carbocycles. The number of nitrogens with one attached hydrogen (secondary N) is 1. The van der Waals surface area contributed by atoms with Gasteiger partial charge >= 0.3 is 5.97 Å². The lowest BCUT2D eigenvalue weighted by molar-refractivity contribution is -0.132. The van der Waals surface area contributed by atoms with Crippen LogP contribution in [0.3, 0.4) is 0 Å². The molecule has 3 aromatic rings. The van der Waals surface area contributed by atoms with E-state index in [0.717, 1.165) is 40.8 Å². The number of benzene rings is 2. The van der Waals surface area contributed by atoms with Crippen LogP contribution >= 0.6 is 0 Å². The lowest BCUT2D eigenvalue weighted by Crippen LogP contribution is -2.42. The minimum atomic E-state index is -0.508. The minimum absolute atomic E-state index is 0.265. The number of nitrogens with zero attached hydrogens (tertiary/aromatic N) is 1. The molecule has 0 radical (unpaired) electrons. The molecule has 4 rings (SSSR count). The van der Waals surface area contributed by atoms with Crippen molar-refractivity contribution in [1.29, 1.82) is 0 Å². The summed E-state index contributed by atoms with van der Waals surface area (Å²) in [5.74, 6) is 1.57. The molecule has 1 N–H and O–H groups in total. The number of hydrogen-bond donors (Lipinski definition) is 1. The molecule has 0 aliphatic carbocycles. The third-order valence-corrected chi connectivity index (χ3v) is 6.36. The van der Waals surface area contributed by atoms with Gasteiger partial charge < -0.3 is 19.5 Å². The maximum Gasteiger partial charge on any atom is 0.308 e. The lowest BCUT2D eigenvalue weighted by Gasteiger charge is -2.37. The van der Waals surface area contributed by atoms with Crippen molar-refractivity contribution in [3.05, 3.63) is 76.6 Å². The van der Waals surface area contributed by atoms with E-state index in [1.165, 1.54) is 6.92 Å². The zero-order valence-electron chi connectivity index (χ0n) is 20.7. The van der Waals surface area contributed by atoms with Crippen LogP contribution in [0.5, 0.6) is 17.2 Å². The van der Waals surface area contributed by atoms with Crippen LogP contribution in [0.15, 0.2) is 48.7 Å². The number of anilines is 1. The Morgan fingerprint density at radius 3 is 2.46 bits per heavy atom. The fourth-order valence-corrected chi connectivity index (χ4v) is 4.24. The quantitative estimate of drug-likeness (QED) is 0.383. The SMILES string of the molecule is CC(=O)Oc1c(C)c(C)c2c(c1C)CCC(C)(COc1ccc(NC(=O)c3ccccn3)cc1)O2. The highest BCUT2D eigenvalue weighted by molar-refractivity contribution is 6.02. The van der Waals surface area contributed by atoms with Gasteiger partial charge in [0.05, 0.1) is 0 Å². The van der Waals surface area contributed by atoms with Gasteiger partial charge in [0.15, 0.2) is 0 Å². The Labute approximate surface area is 205 Å². The Morgan fingerprint density at radius 1 is 1.06 bits per heavy atom. The summed E-state index contributed by atoms with van der Waals surface area (Å²) in [6.07, 6.45) is 3.15. The maximum absolute atomic E-state index is 12.3. The fraction of sp³-hybridized carbons (Fsp3) is 0.321. The monoisotopic (exact) mass is 474 g/mol. The summed E-state index contributed by atoms with van der Waals surface area (Å²) in [6, 6.07) is 12.4. The molecule has 0 saturated carbocycles. The molecule has 0 fully saturated rings. The first kappa shape index (κ1) is 24.3. The van der Waals surface area contributed by atoms with Crippen molar-refractivity contribution in [2.45, 2.75) is 53.1 Å². The van der Waals surface area contributed by atoms with E-state index < -0.39 is 5.60 Å². The Morgan fingerprint density at radius 2 is 1.80 bits per heavy atom. The van der Waals surface area contributed by atoms with E-state index in [2.05, 4.69) is 10.3 Å². The standard InChI is InChI=1S/C28H30N2O5/c1-17-18(2)26-23(19(3)25(17)34-20(4)31)13-14-28(5,35-26)16-33-22-11-9-21(10-12-22)30-27(32)24-8-6-7-15-29-24/h6-12,15H,13-14,16H2,1-5H3,(H,30,32). The van der Waals surface area contributed by atoms with E-state index in [9.17, 15) is 9.59 Å². The molecule has 0 bridgehead atoms. The molecule has 182 valence electrons. The molecule has 7 nitrogen and oxygen atoms in total.